The fourth-order valence-electron chi connectivity index (χ4n) is 1.37. The molecule has 0 aliphatic rings. The van der Waals surface area contributed by atoms with Crippen LogP contribution in [0.5, 0.6) is 5.75 Å². The van der Waals surface area contributed by atoms with Gasteiger partial charge in [0.05, 0.1) is 18.9 Å². The molecule has 0 spiro atoms. The van der Waals surface area contributed by atoms with Crippen LogP contribution >= 0.6 is 0 Å². The van der Waals surface area contributed by atoms with Gasteiger partial charge in [0.1, 0.15) is 11.6 Å². The highest BCUT2D eigenvalue weighted by Gasteiger charge is 2.15. The van der Waals surface area contributed by atoms with Crippen molar-refractivity contribution >= 4 is 5.97 Å². The number of carboxylic acid groups (broad SMARTS) is 1. The highest BCUT2D eigenvalue weighted by Crippen LogP contribution is 2.30. The number of nitrogens with zero attached hydrogens (tertiary/aromatic N) is 1. The second kappa shape index (κ2) is 4.25. The zero-order valence-corrected chi connectivity index (χ0v) is 8.81. The summed E-state index contributed by atoms with van der Waals surface area (Å²) in [6.45, 7) is 0. The van der Waals surface area contributed by atoms with Gasteiger partial charge < -0.3 is 14.3 Å². The maximum absolute atomic E-state index is 13.1. The minimum Gasteiger partial charge on any atom is -0.496 e. The van der Waals surface area contributed by atoms with E-state index in [-0.39, 0.29) is 5.76 Å². The summed E-state index contributed by atoms with van der Waals surface area (Å²) >= 11 is 0. The van der Waals surface area contributed by atoms with Crippen molar-refractivity contribution in [3.05, 3.63) is 36.1 Å². The number of carboxylic acids is 1. The van der Waals surface area contributed by atoms with Crippen molar-refractivity contribution in [1.82, 2.24) is 4.98 Å². The second-order valence-corrected chi connectivity index (χ2v) is 3.18. The van der Waals surface area contributed by atoms with E-state index in [1.54, 1.807) is 0 Å². The smallest absolute Gasteiger partial charge is 0.392 e. The maximum atomic E-state index is 13.1. The van der Waals surface area contributed by atoms with Gasteiger partial charge in [-0.2, -0.15) is 0 Å². The van der Waals surface area contributed by atoms with Crippen LogP contribution in [0.15, 0.2) is 28.8 Å². The van der Waals surface area contributed by atoms with Crippen molar-refractivity contribution in [2.75, 3.05) is 7.11 Å². The van der Waals surface area contributed by atoms with Gasteiger partial charge in [0.2, 0.25) is 0 Å². The van der Waals surface area contributed by atoms with Crippen molar-refractivity contribution in [2.45, 2.75) is 0 Å². The van der Waals surface area contributed by atoms with Crippen LogP contribution in [0.3, 0.4) is 0 Å². The molecular weight excluding hydrogens is 229 g/mol. The lowest BCUT2D eigenvalue weighted by Gasteiger charge is -2.05. The molecule has 0 bridgehead atoms. The third kappa shape index (κ3) is 2.10. The zero-order chi connectivity index (χ0) is 12.4. The molecular formula is C11H8FNO4. The third-order valence-electron chi connectivity index (χ3n) is 2.12. The molecule has 0 radical (unpaired) electrons. The minimum absolute atomic E-state index is 0.138. The molecule has 1 aromatic heterocycles. The van der Waals surface area contributed by atoms with Crippen LogP contribution in [-0.4, -0.2) is 23.2 Å². The van der Waals surface area contributed by atoms with Crippen LogP contribution < -0.4 is 4.74 Å². The van der Waals surface area contributed by atoms with Crippen LogP contribution in [0.1, 0.15) is 10.7 Å². The number of benzene rings is 1. The molecule has 1 aromatic carbocycles. The van der Waals surface area contributed by atoms with Crippen LogP contribution in [0.2, 0.25) is 0 Å². The fraction of sp³-hybridized carbons (Fsp3) is 0.0909. The van der Waals surface area contributed by atoms with Gasteiger partial charge in [-0.25, -0.2) is 14.2 Å². The summed E-state index contributed by atoms with van der Waals surface area (Å²) < 4.78 is 23.1. The monoisotopic (exact) mass is 237 g/mol. The van der Waals surface area contributed by atoms with Gasteiger partial charge in [-0.05, 0) is 18.2 Å². The van der Waals surface area contributed by atoms with Crippen LogP contribution in [0.4, 0.5) is 4.39 Å². The number of aromatic nitrogens is 1. The molecule has 5 nitrogen and oxygen atoms in total. The highest BCUT2D eigenvalue weighted by molar-refractivity contribution is 5.83. The summed E-state index contributed by atoms with van der Waals surface area (Å²) in [5.41, 5.74) is 0.312. The van der Waals surface area contributed by atoms with Crippen molar-refractivity contribution in [3.63, 3.8) is 0 Å². The van der Waals surface area contributed by atoms with E-state index in [0.29, 0.717) is 11.3 Å². The van der Waals surface area contributed by atoms with E-state index in [1.165, 1.54) is 31.5 Å². The van der Waals surface area contributed by atoms with Gasteiger partial charge in [0, 0.05) is 0 Å². The lowest BCUT2D eigenvalue weighted by Crippen LogP contribution is -1.94. The Hall–Kier alpha value is -2.37. The van der Waals surface area contributed by atoms with Gasteiger partial charge in [-0.3, -0.25) is 0 Å². The Balaban J connectivity index is 2.51. The number of ether oxygens (including phenoxy) is 1. The van der Waals surface area contributed by atoms with E-state index in [2.05, 4.69) is 4.98 Å². The van der Waals surface area contributed by atoms with Crippen LogP contribution in [0.25, 0.3) is 11.3 Å². The molecule has 2 aromatic rings. The van der Waals surface area contributed by atoms with Crippen molar-refractivity contribution < 1.29 is 23.4 Å². The van der Waals surface area contributed by atoms with E-state index in [4.69, 9.17) is 14.3 Å². The lowest BCUT2D eigenvalue weighted by atomic mass is 10.1. The maximum Gasteiger partial charge on any atom is 0.392 e. The molecule has 2 rings (SSSR count). The first-order valence-electron chi connectivity index (χ1n) is 4.65. The van der Waals surface area contributed by atoms with Gasteiger partial charge in [0.15, 0.2) is 5.76 Å². The number of halogens is 1. The highest BCUT2D eigenvalue weighted by atomic mass is 19.1. The van der Waals surface area contributed by atoms with Crippen molar-refractivity contribution in [1.29, 1.82) is 0 Å². The zero-order valence-electron chi connectivity index (χ0n) is 8.81. The summed E-state index contributed by atoms with van der Waals surface area (Å²) in [4.78, 5) is 14.2. The van der Waals surface area contributed by atoms with Crippen LogP contribution in [-0.2, 0) is 0 Å². The second-order valence-electron chi connectivity index (χ2n) is 3.18. The Morgan fingerprint density at radius 3 is 2.88 bits per heavy atom. The molecule has 88 valence electrons. The summed E-state index contributed by atoms with van der Waals surface area (Å²) in [6.07, 6.45) is 1.21. The first-order chi connectivity index (χ1) is 8.11. The third-order valence-corrected chi connectivity index (χ3v) is 2.12. The number of hydrogen-bond acceptors (Lipinski definition) is 4. The molecule has 6 heteroatoms. The standard InChI is InChI=1S/C11H8FNO4/c1-16-8-3-2-6(12)4-7(8)9-5-13-10(17-9)11(14)15/h2-5H,1H3,(H,14,15). The number of carbonyl (C=O) groups is 1. The van der Waals surface area contributed by atoms with E-state index in [1.807, 2.05) is 0 Å². The average molecular weight is 237 g/mol. The number of aromatic carboxylic acids is 1. The van der Waals surface area contributed by atoms with E-state index >= 15 is 0 Å². The van der Waals surface area contributed by atoms with E-state index in [9.17, 15) is 9.18 Å². The summed E-state index contributed by atoms with van der Waals surface area (Å²) in [5, 5.41) is 8.66. The largest absolute Gasteiger partial charge is 0.496 e. The molecule has 0 amide bonds. The summed E-state index contributed by atoms with van der Waals surface area (Å²) in [7, 11) is 1.42. The first kappa shape index (κ1) is 11.1. The number of rotatable bonds is 3. The molecule has 1 N–H and O–H groups in total. The van der Waals surface area contributed by atoms with Gasteiger partial charge in [0.25, 0.3) is 0 Å². The molecule has 0 aliphatic carbocycles. The van der Waals surface area contributed by atoms with E-state index < -0.39 is 17.7 Å². The Bertz CT molecular complexity index is 564. The topological polar surface area (TPSA) is 72.6 Å². The van der Waals surface area contributed by atoms with Gasteiger partial charge in [-0.15, -0.1) is 0 Å². The Morgan fingerprint density at radius 2 is 2.29 bits per heavy atom. The molecule has 0 saturated carbocycles. The van der Waals surface area contributed by atoms with Crippen molar-refractivity contribution in [3.8, 4) is 17.1 Å². The average Bonchev–Trinajstić information content (AvgIpc) is 2.78. The first-order valence-corrected chi connectivity index (χ1v) is 4.65. The quantitative estimate of drug-likeness (QED) is 0.885. The number of methoxy groups -OCH3 is 1. The minimum atomic E-state index is -1.29. The normalized spacial score (nSPS) is 10.2. The number of hydrogen-bond donors (Lipinski definition) is 1. The summed E-state index contributed by atoms with van der Waals surface area (Å²) in [6, 6.07) is 3.84. The Kier molecular flexibility index (Phi) is 2.78. The van der Waals surface area contributed by atoms with Gasteiger partial charge >= 0.3 is 11.9 Å². The molecule has 0 atom stereocenters. The predicted octanol–water partition coefficient (Wildman–Crippen LogP) is 2.19. The van der Waals surface area contributed by atoms with E-state index in [0.717, 1.165) is 0 Å². The van der Waals surface area contributed by atoms with Gasteiger partial charge in [-0.1, -0.05) is 0 Å². The van der Waals surface area contributed by atoms with Crippen LogP contribution in [0, 0.1) is 5.82 Å². The van der Waals surface area contributed by atoms with Crippen molar-refractivity contribution in [2.24, 2.45) is 0 Å². The molecule has 0 unspecified atom stereocenters. The molecule has 0 fully saturated rings. The SMILES string of the molecule is COc1ccc(F)cc1-c1cnc(C(=O)O)o1. The molecule has 0 saturated heterocycles. The number of oxazole rings is 1. The molecule has 1 heterocycles. The summed E-state index contributed by atoms with van der Waals surface area (Å²) in [5.74, 6) is -1.70. The Labute approximate surface area is 95.5 Å². The predicted molar refractivity (Wildman–Crippen MR) is 55.4 cm³/mol. The molecule has 0 aliphatic heterocycles. The lowest BCUT2D eigenvalue weighted by molar-refractivity contribution is 0.0654. The molecule has 17 heavy (non-hydrogen) atoms. The Morgan fingerprint density at radius 1 is 1.53 bits per heavy atom. The fourth-order valence-corrected chi connectivity index (χ4v) is 1.37.